The summed E-state index contributed by atoms with van der Waals surface area (Å²) in [4.78, 5) is 22.7. The Morgan fingerprint density at radius 1 is 1.29 bits per heavy atom. The van der Waals surface area contributed by atoms with Crippen molar-refractivity contribution in [1.82, 2.24) is 20.3 Å². The second kappa shape index (κ2) is 8.31. The number of fused-ring (bicyclic) bond motifs is 1. The minimum absolute atomic E-state index is 0.0279. The van der Waals surface area contributed by atoms with Gasteiger partial charge in [0.2, 0.25) is 5.95 Å². The highest BCUT2D eigenvalue weighted by Crippen LogP contribution is 2.43. The van der Waals surface area contributed by atoms with Crippen LogP contribution in [0.2, 0.25) is 5.02 Å². The van der Waals surface area contributed by atoms with Gasteiger partial charge >= 0.3 is 12.3 Å². The Balaban J connectivity index is 1.50. The van der Waals surface area contributed by atoms with Gasteiger partial charge in [-0.2, -0.15) is 13.2 Å². The molecule has 2 aliphatic rings. The summed E-state index contributed by atoms with van der Waals surface area (Å²) in [6.45, 7) is 0.707. The molecule has 34 heavy (non-hydrogen) atoms. The summed E-state index contributed by atoms with van der Waals surface area (Å²) in [5, 5.41) is 9.71. The highest BCUT2D eigenvalue weighted by molar-refractivity contribution is 6.38. The lowest BCUT2D eigenvalue weighted by atomic mass is 9.99. The van der Waals surface area contributed by atoms with E-state index >= 15 is 0 Å². The molecular weight excluding hydrogens is 473 g/mol. The van der Waals surface area contributed by atoms with Crippen LogP contribution in [0.15, 0.2) is 24.5 Å². The molecule has 2 fully saturated rings. The maximum Gasteiger partial charge on any atom is 0.419 e. The van der Waals surface area contributed by atoms with E-state index in [0.29, 0.717) is 17.4 Å². The third-order valence-corrected chi connectivity index (χ3v) is 6.84. The van der Waals surface area contributed by atoms with E-state index in [1.165, 1.54) is 32.2 Å². The van der Waals surface area contributed by atoms with Crippen molar-refractivity contribution >= 4 is 40.2 Å². The fourth-order valence-corrected chi connectivity index (χ4v) is 4.61. The first-order chi connectivity index (χ1) is 16.2. The van der Waals surface area contributed by atoms with Gasteiger partial charge in [0.25, 0.3) is 0 Å². The molecule has 3 heterocycles. The molecule has 1 aliphatic carbocycles. The van der Waals surface area contributed by atoms with Crippen molar-refractivity contribution < 1.29 is 22.7 Å². The van der Waals surface area contributed by atoms with Crippen LogP contribution in [0, 0.1) is 0 Å². The molecule has 180 valence electrons. The number of halogens is 4. The first-order valence-electron chi connectivity index (χ1n) is 10.8. The molecule has 0 bridgehead atoms. The number of amides is 1. The zero-order valence-electron chi connectivity index (χ0n) is 18.1. The van der Waals surface area contributed by atoms with Crippen molar-refractivity contribution in [2.75, 3.05) is 24.3 Å². The normalized spacial score (nSPS) is 19.3. The van der Waals surface area contributed by atoms with Gasteiger partial charge in [-0.05, 0) is 37.8 Å². The molecule has 1 saturated carbocycles. The van der Waals surface area contributed by atoms with Gasteiger partial charge in [-0.1, -0.05) is 11.6 Å². The minimum atomic E-state index is -4.65. The van der Waals surface area contributed by atoms with Crippen molar-refractivity contribution in [3.8, 4) is 11.3 Å². The van der Waals surface area contributed by atoms with Crippen LogP contribution in [-0.2, 0) is 10.9 Å². The van der Waals surface area contributed by atoms with Crippen LogP contribution in [0.3, 0.4) is 0 Å². The number of hydrogen-bond donors (Lipinski definition) is 4. The molecule has 1 aliphatic heterocycles. The lowest BCUT2D eigenvalue weighted by Gasteiger charge is -2.30. The van der Waals surface area contributed by atoms with Gasteiger partial charge in [-0.15, -0.1) is 0 Å². The number of nitrogens with zero attached hydrogens (tertiary/aromatic N) is 2. The Morgan fingerprint density at radius 2 is 2.09 bits per heavy atom. The molecule has 1 amide bonds. The number of hydrogen-bond acceptors (Lipinski definition) is 6. The van der Waals surface area contributed by atoms with Crippen LogP contribution in [-0.4, -0.2) is 46.3 Å². The summed E-state index contributed by atoms with van der Waals surface area (Å²) in [6, 6.07) is 3.09. The number of carbonyl (C=O) groups is 1. The number of ether oxygens (including phenoxy) is 1. The second-order valence-electron chi connectivity index (χ2n) is 8.66. The van der Waals surface area contributed by atoms with Crippen LogP contribution in [0.4, 0.5) is 29.6 Å². The van der Waals surface area contributed by atoms with Crippen LogP contribution in [0.5, 0.6) is 0 Å². The molecule has 4 N–H and O–H groups in total. The van der Waals surface area contributed by atoms with Crippen LogP contribution in [0.1, 0.15) is 31.2 Å². The quantitative estimate of drug-likeness (QED) is 0.399. The number of nitrogens with one attached hydrogen (secondary N) is 4. The van der Waals surface area contributed by atoms with E-state index in [-0.39, 0.29) is 39.5 Å². The number of piperidine rings is 1. The van der Waals surface area contributed by atoms with Gasteiger partial charge in [0, 0.05) is 41.5 Å². The summed E-state index contributed by atoms with van der Waals surface area (Å²) >= 11 is 6.39. The Morgan fingerprint density at radius 3 is 2.74 bits per heavy atom. The summed E-state index contributed by atoms with van der Waals surface area (Å²) in [5.41, 5.74) is -0.117. The fourth-order valence-electron chi connectivity index (χ4n) is 4.35. The highest BCUT2D eigenvalue weighted by Gasteiger charge is 2.45. The molecule has 12 heteroatoms. The van der Waals surface area contributed by atoms with Gasteiger partial charge < -0.3 is 20.4 Å². The van der Waals surface area contributed by atoms with E-state index < -0.39 is 17.8 Å². The zero-order chi connectivity index (χ0) is 24.1. The molecule has 0 radical (unpaired) electrons. The van der Waals surface area contributed by atoms with Crippen molar-refractivity contribution in [3.63, 3.8) is 0 Å². The number of aromatic nitrogens is 3. The molecule has 5 rings (SSSR count). The Kier molecular flexibility index (Phi) is 5.56. The average Bonchev–Trinajstić information content (AvgIpc) is 3.42. The van der Waals surface area contributed by atoms with Crippen LogP contribution >= 0.6 is 11.6 Å². The molecule has 1 atom stereocenters. The average molecular weight is 495 g/mol. The fraction of sp³-hybridized carbons (Fsp3) is 0.409. The first kappa shape index (κ1) is 22.7. The summed E-state index contributed by atoms with van der Waals surface area (Å²) in [6.07, 6.45) is 1.09. The number of anilines is 2. The zero-order valence-corrected chi connectivity index (χ0v) is 18.9. The summed E-state index contributed by atoms with van der Waals surface area (Å²) in [5.74, 6) is 0.131. The summed E-state index contributed by atoms with van der Waals surface area (Å²) in [7, 11) is 1.21. The van der Waals surface area contributed by atoms with Crippen LogP contribution < -0.4 is 16.0 Å². The van der Waals surface area contributed by atoms with Gasteiger partial charge in [0.1, 0.15) is 5.56 Å². The lowest BCUT2D eigenvalue weighted by molar-refractivity contribution is -0.137. The summed E-state index contributed by atoms with van der Waals surface area (Å²) < 4.78 is 46.1. The largest absolute Gasteiger partial charge is 0.453 e. The van der Waals surface area contributed by atoms with Crippen molar-refractivity contribution in [1.29, 1.82) is 0 Å². The molecule has 1 unspecified atom stereocenters. The maximum absolute atomic E-state index is 13.8. The Bertz CT molecular complexity index is 1250. The third kappa shape index (κ3) is 4.25. The minimum Gasteiger partial charge on any atom is -0.453 e. The first-order valence-corrected chi connectivity index (χ1v) is 11.2. The molecule has 3 aromatic rings. The van der Waals surface area contributed by atoms with Gasteiger partial charge in [0.15, 0.2) is 0 Å². The number of carbonyl (C=O) groups excluding carboxylic acids is 1. The van der Waals surface area contributed by atoms with E-state index in [1.807, 2.05) is 0 Å². The number of benzene rings is 1. The predicted octanol–water partition coefficient (Wildman–Crippen LogP) is 5.17. The number of alkyl halides is 3. The van der Waals surface area contributed by atoms with Gasteiger partial charge in [-0.3, -0.25) is 5.32 Å². The van der Waals surface area contributed by atoms with E-state index in [2.05, 4.69) is 35.6 Å². The SMILES string of the molecule is COC(=O)Nc1ccc2c(-c3nc(NC4CCC5(CC5)NC4)ncc3C(F)(F)F)c[nH]c2c1Cl. The molecular formula is C22H22ClF3N6O2. The van der Waals surface area contributed by atoms with E-state index in [0.717, 1.165) is 19.0 Å². The van der Waals surface area contributed by atoms with Crippen molar-refractivity contribution in [3.05, 3.63) is 35.1 Å². The second-order valence-corrected chi connectivity index (χ2v) is 9.04. The molecule has 2 aromatic heterocycles. The number of aromatic amines is 1. The lowest BCUT2D eigenvalue weighted by Crippen LogP contribution is -2.46. The number of H-pyrrole nitrogens is 1. The molecule has 1 aromatic carbocycles. The van der Waals surface area contributed by atoms with E-state index in [1.54, 1.807) is 6.07 Å². The van der Waals surface area contributed by atoms with Gasteiger partial charge in [0.05, 0.1) is 29.0 Å². The highest BCUT2D eigenvalue weighted by atomic mass is 35.5. The molecule has 1 spiro atoms. The number of methoxy groups -OCH3 is 1. The smallest absolute Gasteiger partial charge is 0.419 e. The monoisotopic (exact) mass is 494 g/mol. The number of rotatable bonds is 4. The van der Waals surface area contributed by atoms with E-state index in [9.17, 15) is 18.0 Å². The topological polar surface area (TPSA) is 104 Å². The molecule has 8 nitrogen and oxygen atoms in total. The molecule has 1 saturated heterocycles. The van der Waals surface area contributed by atoms with Gasteiger partial charge in [-0.25, -0.2) is 14.8 Å². The van der Waals surface area contributed by atoms with Crippen molar-refractivity contribution in [2.24, 2.45) is 0 Å². The Labute approximate surface area is 197 Å². The van der Waals surface area contributed by atoms with Crippen molar-refractivity contribution in [2.45, 2.75) is 43.4 Å². The van der Waals surface area contributed by atoms with E-state index in [4.69, 9.17) is 11.6 Å². The maximum atomic E-state index is 13.8. The van der Waals surface area contributed by atoms with Crippen LogP contribution in [0.25, 0.3) is 22.2 Å². The third-order valence-electron chi connectivity index (χ3n) is 6.45. The predicted molar refractivity (Wildman–Crippen MR) is 122 cm³/mol. The Hall–Kier alpha value is -3.05. The standard InChI is InChI=1S/C22H22ClF3N6O2/c1-34-20(33)31-15-3-2-12-13(9-27-18(12)16(15)23)17-14(22(24,25)26)10-28-19(32-17)30-11-4-5-21(6-7-21)29-8-11/h2-3,9-11,27,29H,4-8H2,1H3,(H,31,33)(H,28,30,32).